The quantitative estimate of drug-likeness (QED) is 0.570. The summed E-state index contributed by atoms with van der Waals surface area (Å²) in [7, 11) is -3.78. The van der Waals surface area contributed by atoms with E-state index < -0.39 is 10.0 Å². The van der Waals surface area contributed by atoms with Crippen LogP contribution in [-0.4, -0.2) is 36.5 Å². The first-order valence-electron chi connectivity index (χ1n) is 10.2. The van der Waals surface area contributed by atoms with Crippen LogP contribution in [0, 0.1) is 0 Å². The molecule has 3 aromatic rings. The van der Waals surface area contributed by atoms with Crippen LogP contribution >= 0.6 is 11.6 Å². The Balaban J connectivity index is 1.57. The lowest BCUT2D eigenvalue weighted by atomic mass is 10.2. The molecule has 0 spiro atoms. The van der Waals surface area contributed by atoms with Gasteiger partial charge in [0.1, 0.15) is 5.84 Å². The molecule has 8 nitrogen and oxygen atoms in total. The molecule has 32 heavy (non-hydrogen) atoms. The Morgan fingerprint density at radius 2 is 2.00 bits per heavy atom. The van der Waals surface area contributed by atoms with E-state index in [4.69, 9.17) is 11.6 Å². The fourth-order valence-corrected chi connectivity index (χ4v) is 4.83. The summed E-state index contributed by atoms with van der Waals surface area (Å²) in [6.07, 6.45) is 3.49. The lowest BCUT2D eigenvalue weighted by Gasteiger charge is -2.11. The van der Waals surface area contributed by atoms with Crippen LogP contribution in [-0.2, 0) is 16.4 Å². The summed E-state index contributed by atoms with van der Waals surface area (Å²) in [5.74, 6) is 0.0817. The van der Waals surface area contributed by atoms with E-state index >= 15 is 0 Å². The smallest absolute Gasteiger partial charge is 0.262 e. The average molecular weight is 472 g/mol. The van der Waals surface area contributed by atoms with Crippen molar-refractivity contribution in [2.45, 2.75) is 31.1 Å². The number of amides is 1. The SMILES string of the molecule is CCc1c(C(=O)Nc2cccc(S(=O)(=O)NC3=NCCC3)c2)cnn1-c1cccc(Cl)c1. The maximum Gasteiger partial charge on any atom is 0.262 e. The number of sulfonamides is 1. The Morgan fingerprint density at radius 1 is 1.19 bits per heavy atom. The number of hydrogen-bond donors (Lipinski definition) is 2. The summed E-state index contributed by atoms with van der Waals surface area (Å²) >= 11 is 6.09. The number of nitrogens with one attached hydrogen (secondary N) is 2. The number of aromatic nitrogens is 2. The van der Waals surface area contributed by atoms with Gasteiger partial charge in [0.25, 0.3) is 15.9 Å². The zero-order valence-electron chi connectivity index (χ0n) is 17.4. The van der Waals surface area contributed by atoms with E-state index in [1.165, 1.54) is 18.3 Å². The van der Waals surface area contributed by atoms with Crippen molar-refractivity contribution >= 4 is 39.1 Å². The van der Waals surface area contributed by atoms with Crippen LogP contribution in [0.5, 0.6) is 0 Å². The number of benzene rings is 2. The molecule has 2 N–H and O–H groups in total. The number of carbonyl (C=O) groups is 1. The van der Waals surface area contributed by atoms with E-state index in [0.29, 0.717) is 41.5 Å². The summed E-state index contributed by atoms with van der Waals surface area (Å²) in [4.78, 5) is 17.2. The third-order valence-corrected chi connectivity index (χ3v) is 6.64. The van der Waals surface area contributed by atoms with Gasteiger partial charge in [-0.3, -0.25) is 14.5 Å². The molecule has 2 aromatic carbocycles. The first-order valence-corrected chi connectivity index (χ1v) is 12.0. The van der Waals surface area contributed by atoms with Gasteiger partial charge in [-0.05, 0) is 49.2 Å². The van der Waals surface area contributed by atoms with Gasteiger partial charge in [-0.15, -0.1) is 0 Å². The average Bonchev–Trinajstić information content (AvgIpc) is 3.43. The normalized spacial score (nSPS) is 13.6. The molecule has 10 heteroatoms. The molecule has 0 saturated carbocycles. The zero-order chi connectivity index (χ0) is 22.7. The second kappa shape index (κ2) is 9.13. The van der Waals surface area contributed by atoms with Crippen LogP contribution in [0.3, 0.4) is 0 Å². The Hall–Kier alpha value is -3.17. The second-order valence-corrected chi connectivity index (χ2v) is 9.39. The van der Waals surface area contributed by atoms with Crippen molar-refractivity contribution in [1.29, 1.82) is 0 Å². The highest BCUT2D eigenvalue weighted by molar-refractivity contribution is 7.90. The van der Waals surface area contributed by atoms with E-state index in [1.54, 1.807) is 28.9 Å². The highest BCUT2D eigenvalue weighted by Gasteiger charge is 2.21. The van der Waals surface area contributed by atoms with Crippen molar-refractivity contribution in [2.24, 2.45) is 4.99 Å². The number of carbonyl (C=O) groups excluding carboxylic acids is 1. The van der Waals surface area contributed by atoms with Crippen LogP contribution in [0.15, 0.2) is 64.6 Å². The summed E-state index contributed by atoms with van der Waals surface area (Å²) in [5.41, 5.74) is 2.24. The number of nitrogens with zero attached hydrogens (tertiary/aromatic N) is 3. The van der Waals surface area contributed by atoms with Crippen molar-refractivity contribution in [3.05, 3.63) is 71.0 Å². The number of anilines is 1. The topological polar surface area (TPSA) is 105 Å². The van der Waals surface area contributed by atoms with Gasteiger partial charge in [0, 0.05) is 23.7 Å². The molecule has 1 aliphatic heterocycles. The molecular weight excluding hydrogens is 450 g/mol. The third kappa shape index (κ3) is 4.68. The molecular formula is C22H22ClN5O3S. The number of hydrogen-bond acceptors (Lipinski definition) is 5. The van der Waals surface area contributed by atoms with Crippen molar-refractivity contribution in [3.8, 4) is 5.69 Å². The monoisotopic (exact) mass is 471 g/mol. The maximum atomic E-state index is 13.0. The number of aliphatic imine (C=N–C) groups is 1. The van der Waals surface area contributed by atoms with Crippen molar-refractivity contribution in [1.82, 2.24) is 14.5 Å². The Bertz CT molecular complexity index is 1300. The maximum absolute atomic E-state index is 13.0. The molecule has 2 heterocycles. The Morgan fingerprint density at radius 3 is 2.72 bits per heavy atom. The van der Waals surface area contributed by atoms with Crippen LogP contribution in [0.4, 0.5) is 5.69 Å². The summed E-state index contributed by atoms with van der Waals surface area (Å²) in [6.45, 7) is 2.55. The minimum Gasteiger partial charge on any atom is -0.322 e. The van der Waals surface area contributed by atoms with Crippen LogP contribution < -0.4 is 10.0 Å². The lowest BCUT2D eigenvalue weighted by molar-refractivity contribution is 0.102. The van der Waals surface area contributed by atoms with E-state index in [-0.39, 0.29) is 10.8 Å². The summed E-state index contributed by atoms with van der Waals surface area (Å²) in [5, 5.41) is 7.70. The van der Waals surface area contributed by atoms with Gasteiger partial charge in [0.2, 0.25) is 0 Å². The van der Waals surface area contributed by atoms with Crippen LogP contribution in [0.1, 0.15) is 35.8 Å². The van der Waals surface area contributed by atoms with Gasteiger partial charge in [-0.2, -0.15) is 5.10 Å². The largest absolute Gasteiger partial charge is 0.322 e. The molecule has 1 aliphatic rings. The Kier molecular flexibility index (Phi) is 6.29. The molecule has 0 unspecified atom stereocenters. The predicted molar refractivity (Wildman–Crippen MR) is 124 cm³/mol. The van der Waals surface area contributed by atoms with Crippen LogP contribution in [0.2, 0.25) is 5.02 Å². The van der Waals surface area contributed by atoms with Gasteiger partial charge in [-0.25, -0.2) is 13.1 Å². The van der Waals surface area contributed by atoms with E-state index in [0.717, 1.165) is 17.8 Å². The van der Waals surface area contributed by atoms with Crippen molar-refractivity contribution in [3.63, 3.8) is 0 Å². The van der Waals surface area contributed by atoms with Gasteiger partial charge in [-0.1, -0.05) is 30.7 Å². The van der Waals surface area contributed by atoms with E-state index in [9.17, 15) is 13.2 Å². The summed E-state index contributed by atoms with van der Waals surface area (Å²) in [6, 6.07) is 13.3. The lowest BCUT2D eigenvalue weighted by Crippen LogP contribution is -2.29. The Labute approximate surface area is 191 Å². The third-order valence-electron chi connectivity index (χ3n) is 5.03. The minimum atomic E-state index is -3.78. The first kappa shape index (κ1) is 22.0. The fourth-order valence-electron chi connectivity index (χ4n) is 3.51. The van der Waals surface area contributed by atoms with E-state index in [1.807, 2.05) is 19.1 Å². The molecule has 0 radical (unpaired) electrons. The van der Waals surface area contributed by atoms with Gasteiger partial charge < -0.3 is 5.32 Å². The molecule has 1 amide bonds. The molecule has 0 aliphatic carbocycles. The molecule has 4 rings (SSSR count). The van der Waals surface area contributed by atoms with Gasteiger partial charge >= 0.3 is 0 Å². The standard InChI is InChI=1S/C22H22ClN5O3S/c1-2-20-19(14-25-28(20)17-8-3-6-15(23)12-17)22(29)26-16-7-4-9-18(13-16)32(30,31)27-21-10-5-11-24-21/h3-4,6-9,12-14H,2,5,10-11H2,1H3,(H,24,27)(H,26,29). The highest BCUT2D eigenvalue weighted by Crippen LogP contribution is 2.21. The molecule has 0 fully saturated rings. The highest BCUT2D eigenvalue weighted by atomic mass is 35.5. The molecule has 0 atom stereocenters. The number of halogens is 1. The van der Waals surface area contributed by atoms with E-state index in [2.05, 4.69) is 20.1 Å². The fraction of sp³-hybridized carbons (Fsp3) is 0.227. The number of rotatable bonds is 6. The van der Waals surface area contributed by atoms with Crippen molar-refractivity contribution < 1.29 is 13.2 Å². The first-order chi connectivity index (χ1) is 15.4. The summed E-state index contributed by atoms with van der Waals surface area (Å²) < 4.78 is 29.5. The van der Waals surface area contributed by atoms with Crippen molar-refractivity contribution in [2.75, 3.05) is 11.9 Å². The minimum absolute atomic E-state index is 0.0511. The van der Waals surface area contributed by atoms with Gasteiger partial charge in [0.15, 0.2) is 0 Å². The molecule has 0 bridgehead atoms. The molecule has 1 aromatic heterocycles. The second-order valence-electron chi connectivity index (χ2n) is 7.27. The zero-order valence-corrected chi connectivity index (χ0v) is 18.9. The van der Waals surface area contributed by atoms with Crippen LogP contribution in [0.25, 0.3) is 5.69 Å². The number of amidine groups is 1. The van der Waals surface area contributed by atoms with Gasteiger partial charge in [0.05, 0.1) is 28.0 Å². The molecule has 166 valence electrons. The molecule has 0 saturated heterocycles. The predicted octanol–water partition coefficient (Wildman–Crippen LogP) is 3.81.